The number of nitrogens with two attached hydrogens (primary N) is 1. The number of hydrogen-bond acceptors (Lipinski definition) is 2. The quantitative estimate of drug-likeness (QED) is 0.385. The maximum atomic E-state index is 4.94. The Balaban J connectivity index is -0.000000507. The van der Waals surface area contributed by atoms with Gasteiger partial charge < -0.3 is 4.84 Å². The van der Waals surface area contributed by atoms with E-state index in [1.165, 1.54) is 64.2 Å². The third-order valence-electron chi connectivity index (χ3n) is 2.62. The normalized spacial score (nSPS) is 9.33. The molecule has 0 aromatic rings. The maximum absolute atomic E-state index is 4.94. The smallest absolute Gasteiger partial charge is 0.0679 e. The third kappa shape index (κ3) is 29.9. The summed E-state index contributed by atoms with van der Waals surface area (Å²) < 4.78 is 0. The van der Waals surface area contributed by atoms with Crippen molar-refractivity contribution in [1.29, 1.82) is 0 Å². The van der Waals surface area contributed by atoms with Gasteiger partial charge in [-0.1, -0.05) is 85.0 Å². The Morgan fingerprint density at radius 1 is 0.667 bits per heavy atom. The SMILES string of the molecule is Br.CCC.CCCCCCCCCCCCON. The molecule has 0 heterocycles. The van der Waals surface area contributed by atoms with Gasteiger partial charge in [0.15, 0.2) is 0 Å². The van der Waals surface area contributed by atoms with Crippen LogP contribution in [-0.2, 0) is 4.84 Å². The Hall–Kier alpha value is 0.400. The van der Waals surface area contributed by atoms with E-state index in [1.54, 1.807) is 0 Å². The van der Waals surface area contributed by atoms with Crippen molar-refractivity contribution in [3.05, 3.63) is 0 Å². The Bertz CT molecular complexity index is 101. The summed E-state index contributed by atoms with van der Waals surface area (Å²) in [6, 6.07) is 0. The molecule has 3 heteroatoms. The van der Waals surface area contributed by atoms with Crippen molar-refractivity contribution < 1.29 is 4.84 Å². The van der Waals surface area contributed by atoms with Gasteiger partial charge in [0.1, 0.15) is 0 Å². The first-order chi connectivity index (χ1) is 8.33. The molecule has 2 N–H and O–H groups in total. The molecule has 0 aliphatic carbocycles. The van der Waals surface area contributed by atoms with Gasteiger partial charge in [0.2, 0.25) is 0 Å². The van der Waals surface area contributed by atoms with Crippen molar-refractivity contribution in [2.45, 2.75) is 91.4 Å². The lowest BCUT2D eigenvalue weighted by Crippen LogP contribution is -2.00. The van der Waals surface area contributed by atoms with E-state index in [2.05, 4.69) is 25.6 Å². The van der Waals surface area contributed by atoms with E-state index in [0.29, 0.717) is 0 Å². The van der Waals surface area contributed by atoms with Crippen molar-refractivity contribution in [2.75, 3.05) is 6.61 Å². The van der Waals surface area contributed by atoms with Crippen LogP contribution in [0.25, 0.3) is 0 Å². The minimum Gasteiger partial charge on any atom is -0.305 e. The molecule has 0 amide bonds. The first-order valence-electron chi connectivity index (χ1n) is 7.65. The molecule has 0 bridgehead atoms. The molecule has 2 nitrogen and oxygen atoms in total. The van der Waals surface area contributed by atoms with E-state index in [-0.39, 0.29) is 17.0 Å². The van der Waals surface area contributed by atoms with Crippen LogP contribution in [0.4, 0.5) is 0 Å². The van der Waals surface area contributed by atoms with Gasteiger partial charge in [-0.3, -0.25) is 0 Å². The molecular formula is C15H36BrNO. The van der Waals surface area contributed by atoms with E-state index in [4.69, 9.17) is 5.90 Å². The van der Waals surface area contributed by atoms with Crippen molar-refractivity contribution in [3.63, 3.8) is 0 Å². The summed E-state index contributed by atoms with van der Waals surface area (Å²) in [5.41, 5.74) is 0. The highest BCUT2D eigenvalue weighted by Crippen LogP contribution is 2.10. The molecule has 114 valence electrons. The van der Waals surface area contributed by atoms with E-state index in [0.717, 1.165) is 13.0 Å². The van der Waals surface area contributed by atoms with Crippen LogP contribution < -0.4 is 5.90 Å². The first kappa shape index (κ1) is 23.5. The molecule has 18 heavy (non-hydrogen) atoms. The fraction of sp³-hybridized carbons (Fsp3) is 1.00. The van der Waals surface area contributed by atoms with Crippen LogP contribution in [-0.4, -0.2) is 6.61 Å². The van der Waals surface area contributed by atoms with Gasteiger partial charge >= 0.3 is 0 Å². The molecule has 0 unspecified atom stereocenters. The third-order valence-corrected chi connectivity index (χ3v) is 2.62. The zero-order valence-corrected chi connectivity index (χ0v) is 14.6. The van der Waals surface area contributed by atoms with Gasteiger partial charge in [0, 0.05) is 0 Å². The van der Waals surface area contributed by atoms with E-state index < -0.39 is 0 Å². The highest BCUT2D eigenvalue weighted by molar-refractivity contribution is 8.93. The summed E-state index contributed by atoms with van der Waals surface area (Å²) in [4.78, 5) is 4.51. The van der Waals surface area contributed by atoms with Crippen LogP contribution in [0.15, 0.2) is 0 Å². The molecule has 0 saturated heterocycles. The summed E-state index contributed by atoms with van der Waals surface area (Å²) in [5.74, 6) is 4.94. The van der Waals surface area contributed by atoms with Crippen LogP contribution in [0.1, 0.15) is 91.4 Å². The first-order valence-corrected chi connectivity index (χ1v) is 7.65. The lowest BCUT2D eigenvalue weighted by molar-refractivity contribution is 0.133. The summed E-state index contributed by atoms with van der Waals surface area (Å²) in [5, 5.41) is 0. The molecule has 0 aliphatic heterocycles. The summed E-state index contributed by atoms with van der Waals surface area (Å²) >= 11 is 0. The Morgan fingerprint density at radius 2 is 1.00 bits per heavy atom. The van der Waals surface area contributed by atoms with Crippen LogP contribution in [0.5, 0.6) is 0 Å². The second kappa shape index (κ2) is 26.1. The largest absolute Gasteiger partial charge is 0.305 e. The lowest BCUT2D eigenvalue weighted by Gasteiger charge is -2.01. The zero-order valence-electron chi connectivity index (χ0n) is 12.9. The topological polar surface area (TPSA) is 35.2 Å². The van der Waals surface area contributed by atoms with Gasteiger partial charge in [-0.25, -0.2) is 5.90 Å². The van der Waals surface area contributed by atoms with Crippen molar-refractivity contribution in [3.8, 4) is 0 Å². The van der Waals surface area contributed by atoms with E-state index >= 15 is 0 Å². The zero-order chi connectivity index (χ0) is 13.2. The Kier molecular flexibility index (Phi) is 34.0. The number of hydrogen-bond donors (Lipinski definition) is 1. The van der Waals surface area contributed by atoms with Crippen LogP contribution in [0, 0.1) is 0 Å². The van der Waals surface area contributed by atoms with Crippen LogP contribution >= 0.6 is 17.0 Å². The van der Waals surface area contributed by atoms with Gasteiger partial charge in [0.05, 0.1) is 6.61 Å². The van der Waals surface area contributed by atoms with E-state index in [1.807, 2.05) is 0 Å². The second-order valence-corrected chi connectivity index (χ2v) is 4.76. The van der Waals surface area contributed by atoms with Gasteiger partial charge in [-0.2, -0.15) is 0 Å². The molecule has 0 atom stereocenters. The molecule has 0 aromatic heterocycles. The predicted molar refractivity (Wildman–Crippen MR) is 88.3 cm³/mol. The van der Waals surface area contributed by atoms with Crippen molar-refractivity contribution in [1.82, 2.24) is 0 Å². The maximum Gasteiger partial charge on any atom is 0.0679 e. The van der Waals surface area contributed by atoms with E-state index in [9.17, 15) is 0 Å². The highest BCUT2D eigenvalue weighted by atomic mass is 79.9. The number of halogens is 1. The summed E-state index contributed by atoms with van der Waals surface area (Å²) in [7, 11) is 0. The van der Waals surface area contributed by atoms with Gasteiger partial charge in [-0.15, -0.1) is 17.0 Å². The molecular weight excluding hydrogens is 290 g/mol. The Morgan fingerprint density at radius 3 is 1.33 bits per heavy atom. The van der Waals surface area contributed by atoms with Crippen molar-refractivity contribution >= 4 is 17.0 Å². The summed E-state index contributed by atoms with van der Waals surface area (Å²) in [6.07, 6.45) is 14.8. The minimum atomic E-state index is 0. The van der Waals surface area contributed by atoms with Crippen LogP contribution in [0.2, 0.25) is 0 Å². The molecule has 0 rings (SSSR count). The second-order valence-electron chi connectivity index (χ2n) is 4.76. The Labute approximate surface area is 126 Å². The van der Waals surface area contributed by atoms with Gasteiger partial charge in [-0.05, 0) is 6.42 Å². The number of rotatable bonds is 11. The lowest BCUT2D eigenvalue weighted by atomic mass is 10.1. The molecule has 0 aliphatic rings. The molecule has 0 saturated carbocycles. The molecule has 0 aromatic carbocycles. The fourth-order valence-corrected chi connectivity index (χ4v) is 1.67. The average Bonchev–Trinajstić information content (AvgIpc) is 2.33. The monoisotopic (exact) mass is 325 g/mol. The molecule has 0 fully saturated rings. The van der Waals surface area contributed by atoms with Crippen molar-refractivity contribution in [2.24, 2.45) is 5.90 Å². The molecule has 0 radical (unpaired) electrons. The van der Waals surface area contributed by atoms with Crippen LogP contribution in [0.3, 0.4) is 0 Å². The fourth-order valence-electron chi connectivity index (χ4n) is 1.67. The molecule has 0 spiro atoms. The highest BCUT2D eigenvalue weighted by Gasteiger charge is 1.91. The summed E-state index contributed by atoms with van der Waals surface area (Å²) in [6.45, 7) is 7.23. The van der Waals surface area contributed by atoms with Gasteiger partial charge in [0.25, 0.3) is 0 Å². The minimum absolute atomic E-state index is 0. The average molecular weight is 326 g/mol. The number of unbranched alkanes of at least 4 members (excludes halogenated alkanes) is 9. The standard InChI is InChI=1S/C12H27NO.C3H8.BrH/c1-2-3-4-5-6-7-8-9-10-11-12-14-13;1-3-2;/h2-13H2,1H3;3H2,1-2H3;1H. The predicted octanol–water partition coefficient (Wildman–Crippen LogP) is 5.79.